The van der Waals surface area contributed by atoms with E-state index in [2.05, 4.69) is 4.99 Å². The maximum absolute atomic E-state index is 12.2. The molecule has 0 spiro atoms. The Hall–Kier alpha value is -1.27. The molecule has 0 aliphatic carbocycles. The Kier molecular flexibility index (Phi) is 4.36. The van der Waals surface area contributed by atoms with Crippen LogP contribution in [0.4, 0.5) is 18.9 Å². The number of aliphatic imine (C=N–C) groups is 1. The molecule has 0 saturated heterocycles. The van der Waals surface area contributed by atoms with Crippen LogP contribution in [0.25, 0.3) is 0 Å². The summed E-state index contributed by atoms with van der Waals surface area (Å²) in [4.78, 5) is 3.22. The number of hydrogen-bond donors (Lipinski definition) is 1. The van der Waals surface area contributed by atoms with Crippen LogP contribution in [0.3, 0.4) is 0 Å². The highest BCUT2D eigenvalue weighted by Gasteiger charge is 2.34. The van der Waals surface area contributed by atoms with Gasteiger partial charge in [-0.15, -0.1) is 0 Å². The van der Waals surface area contributed by atoms with Crippen molar-refractivity contribution in [3.8, 4) is 5.75 Å². The first-order chi connectivity index (χ1) is 7.88. The summed E-state index contributed by atoms with van der Waals surface area (Å²) >= 11 is 5.01. The summed E-state index contributed by atoms with van der Waals surface area (Å²) in [5.74, 6) is 0.413. The summed E-state index contributed by atoms with van der Waals surface area (Å²) < 4.78 is 41.4. The van der Waals surface area contributed by atoms with Crippen LogP contribution < -0.4 is 4.74 Å². The van der Waals surface area contributed by atoms with Crippen LogP contribution in [-0.2, 0) is 6.61 Å². The van der Waals surface area contributed by atoms with E-state index < -0.39 is 18.0 Å². The molecule has 1 rings (SSSR count). The number of nitrogens with zero attached hydrogens (tertiary/aromatic N) is 1. The molecule has 17 heavy (non-hydrogen) atoms. The number of hydrogen-bond acceptors (Lipinski definition) is 3. The largest absolute Gasteiger partial charge is 0.497 e. The fourth-order valence-electron chi connectivity index (χ4n) is 1.09. The third-order valence-corrected chi connectivity index (χ3v) is 2.21. The van der Waals surface area contributed by atoms with Crippen LogP contribution in [0.15, 0.2) is 23.2 Å². The molecule has 1 N–H and O–H groups in total. The van der Waals surface area contributed by atoms with E-state index in [1.165, 1.54) is 25.3 Å². The zero-order chi connectivity index (χ0) is 13.1. The number of rotatable bonds is 3. The molecule has 1 aromatic carbocycles. The van der Waals surface area contributed by atoms with Gasteiger partial charge in [-0.1, -0.05) is 11.6 Å². The Morgan fingerprint density at radius 3 is 2.59 bits per heavy atom. The lowest BCUT2D eigenvalue weighted by atomic mass is 10.2. The number of aliphatic hydroxyl groups excluding tert-OH is 1. The number of halogens is 4. The molecule has 0 atom stereocenters. The number of ether oxygens (including phenoxy) is 1. The summed E-state index contributed by atoms with van der Waals surface area (Å²) in [5, 5.41) is 7.52. The topological polar surface area (TPSA) is 41.8 Å². The van der Waals surface area contributed by atoms with E-state index in [1.807, 2.05) is 0 Å². The monoisotopic (exact) mass is 267 g/mol. The predicted octanol–water partition coefficient (Wildman–Crippen LogP) is 3.02. The van der Waals surface area contributed by atoms with Crippen LogP contribution in [0.1, 0.15) is 5.56 Å². The number of methoxy groups -OCH3 is 1. The second kappa shape index (κ2) is 5.37. The van der Waals surface area contributed by atoms with Crippen molar-refractivity contribution in [3.63, 3.8) is 0 Å². The van der Waals surface area contributed by atoms with E-state index >= 15 is 0 Å². The number of alkyl halides is 3. The van der Waals surface area contributed by atoms with Crippen molar-refractivity contribution >= 4 is 22.5 Å². The van der Waals surface area contributed by atoms with E-state index in [9.17, 15) is 13.2 Å². The standard InChI is InChI=1S/C10H9ClF3NO2/c1-17-7-2-3-8(6(4-7)5-16)15-9(11)10(12,13)14/h2-4,16H,5H2,1H3. The molecule has 7 heteroatoms. The second-order valence-corrected chi connectivity index (χ2v) is 3.41. The van der Waals surface area contributed by atoms with Crippen molar-refractivity contribution in [1.82, 2.24) is 0 Å². The minimum Gasteiger partial charge on any atom is -0.497 e. The van der Waals surface area contributed by atoms with Gasteiger partial charge in [-0.25, -0.2) is 4.99 Å². The molecule has 0 aromatic heterocycles. The minimum absolute atomic E-state index is 0.0457. The fourth-order valence-corrected chi connectivity index (χ4v) is 1.18. The summed E-state index contributed by atoms with van der Waals surface area (Å²) in [6.45, 7) is -0.460. The van der Waals surface area contributed by atoms with Gasteiger partial charge in [-0.2, -0.15) is 13.2 Å². The van der Waals surface area contributed by atoms with Crippen LogP contribution in [0.2, 0.25) is 0 Å². The zero-order valence-corrected chi connectivity index (χ0v) is 9.51. The third kappa shape index (κ3) is 3.61. The molecule has 0 amide bonds. The van der Waals surface area contributed by atoms with Crippen molar-refractivity contribution < 1.29 is 23.0 Å². The second-order valence-electron chi connectivity index (χ2n) is 3.05. The quantitative estimate of drug-likeness (QED) is 0.856. The molecule has 0 saturated carbocycles. The highest BCUT2D eigenvalue weighted by atomic mass is 35.5. The average Bonchev–Trinajstić information content (AvgIpc) is 2.28. The zero-order valence-electron chi connectivity index (χ0n) is 8.75. The lowest BCUT2D eigenvalue weighted by molar-refractivity contribution is -0.0558. The van der Waals surface area contributed by atoms with Gasteiger partial charge in [0, 0.05) is 5.56 Å². The van der Waals surface area contributed by atoms with Gasteiger partial charge < -0.3 is 9.84 Å². The first kappa shape index (κ1) is 13.8. The smallest absolute Gasteiger partial charge is 0.444 e. The summed E-state index contributed by atoms with van der Waals surface area (Å²) in [6, 6.07) is 4.11. The van der Waals surface area contributed by atoms with Crippen molar-refractivity contribution in [3.05, 3.63) is 23.8 Å². The Morgan fingerprint density at radius 2 is 2.12 bits per heavy atom. The molecule has 0 fully saturated rings. The van der Waals surface area contributed by atoms with Crippen LogP contribution >= 0.6 is 11.6 Å². The van der Waals surface area contributed by atoms with E-state index in [1.54, 1.807) is 0 Å². The highest BCUT2D eigenvalue weighted by Crippen LogP contribution is 2.28. The molecule has 0 bridgehead atoms. The van der Waals surface area contributed by atoms with Crippen molar-refractivity contribution in [1.29, 1.82) is 0 Å². The maximum atomic E-state index is 12.2. The molecule has 0 aliphatic heterocycles. The molecular formula is C10H9ClF3NO2. The van der Waals surface area contributed by atoms with Gasteiger partial charge in [0.2, 0.25) is 5.17 Å². The van der Waals surface area contributed by atoms with Gasteiger partial charge in [-0.05, 0) is 18.2 Å². The van der Waals surface area contributed by atoms with Crippen LogP contribution in [0.5, 0.6) is 5.75 Å². The predicted molar refractivity (Wildman–Crippen MR) is 57.9 cm³/mol. The van der Waals surface area contributed by atoms with E-state index in [0.29, 0.717) is 5.75 Å². The summed E-state index contributed by atoms with van der Waals surface area (Å²) in [7, 11) is 1.40. The maximum Gasteiger partial charge on any atom is 0.444 e. The molecular weight excluding hydrogens is 259 g/mol. The summed E-state index contributed by atoms with van der Waals surface area (Å²) in [6.07, 6.45) is -4.70. The molecule has 3 nitrogen and oxygen atoms in total. The SMILES string of the molecule is COc1ccc(N=C(Cl)C(F)(F)F)c(CO)c1. The van der Waals surface area contributed by atoms with Crippen molar-refractivity contribution in [2.24, 2.45) is 4.99 Å². The first-order valence-corrected chi connectivity index (χ1v) is 4.85. The Bertz CT molecular complexity index is 432. The molecule has 0 radical (unpaired) electrons. The molecule has 1 aromatic rings. The Morgan fingerprint density at radius 1 is 1.47 bits per heavy atom. The van der Waals surface area contributed by atoms with Gasteiger partial charge in [0.05, 0.1) is 19.4 Å². The van der Waals surface area contributed by atoms with Gasteiger partial charge in [0.15, 0.2) is 0 Å². The Balaban J connectivity index is 3.15. The number of aliphatic hydroxyl groups is 1. The fraction of sp³-hybridized carbons (Fsp3) is 0.300. The normalized spacial score (nSPS) is 12.7. The van der Waals surface area contributed by atoms with E-state index in [4.69, 9.17) is 21.4 Å². The molecule has 0 unspecified atom stereocenters. The summed E-state index contributed by atoms with van der Waals surface area (Å²) in [5.41, 5.74) is 0.155. The molecule has 0 aliphatic rings. The first-order valence-electron chi connectivity index (χ1n) is 4.47. The van der Waals surface area contributed by atoms with Gasteiger partial charge in [0.25, 0.3) is 0 Å². The Labute approximate surface area is 100 Å². The lowest BCUT2D eigenvalue weighted by Crippen LogP contribution is -2.16. The minimum atomic E-state index is -4.70. The van der Waals surface area contributed by atoms with Crippen molar-refractivity contribution in [2.75, 3.05) is 7.11 Å². The van der Waals surface area contributed by atoms with Crippen molar-refractivity contribution in [2.45, 2.75) is 12.8 Å². The third-order valence-electron chi connectivity index (χ3n) is 1.91. The number of benzene rings is 1. The van der Waals surface area contributed by atoms with E-state index in [0.717, 1.165) is 0 Å². The van der Waals surface area contributed by atoms with E-state index in [-0.39, 0.29) is 11.3 Å². The van der Waals surface area contributed by atoms with Gasteiger partial charge in [-0.3, -0.25) is 0 Å². The van der Waals surface area contributed by atoms with Gasteiger partial charge in [0.1, 0.15) is 5.75 Å². The molecule has 94 valence electrons. The lowest BCUT2D eigenvalue weighted by Gasteiger charge is -2.07. The average molecular weight is 268 g/mol. The van der Waals surface area contributed by atoms with Crippen LogP contribution in [-0.4, -0.2) is 23.6 Å². The highest BCUT2D eigenvalue weighted by molar-refractivity contribution is 6.67. The van der Waals surface area contributed by atoms with Gasteiger partial charge >= 0.3 is 6.18 Å². The van der Waals surface area contributed by atoms with Crippen LogP contribution in [0, 0.1) is 0 Å². The molecule has 0 heterocycles.